The molecule has 0 radical (unpaired) electrons. The zero-order valence-corrected chi connectivity index (χ0v) is 15.2. The summed E-state index contributed by atoms with van der Waals surface area (Å²) in [6.07, 6.45) is 3.56. The largest absolute Gasteiger partial charge is 0.474 e. The molecule has 0 bridgehead atoms. The van der Waals surface area contributed by atoms with Crippen LogP contribution < -0.4 is 4.74 Å². The van der Waals surface area contributed by atoms with Crippen molar-refractivity contribution < 1.29 is 9.47 Å². The van der Waals surface area contributed by atoms with Gasteiger partial charge in [-0.1, -0.05) is 29.7 Å². The number of aromatic nitrogens is 3. The molecule has 0 aliphatic carbocycles. The Morgan fingerprint density at radius 2 is 2.00 bits per heavy atom. The van der Waals surface area contributed by atoms with Gasteiger partial charge in [0.05, 0.1) is 29.1 Å². The third kappa shape index (κ3) is 3.39. The lowest BCUT2D eigenvalue weighted by Gasteiger charge is -2.22. The van der Waals surface area contributed by atoms with Gasteiger partial charge in [0.25, 0.3) is 0 Å². The number of hydrogen-bond acceptors (Lipinski definition) is 4. The molecule has 1 aliphatic heterocycles. The van der Waals surface area contributed by atoms with E-state index in [1.807, 2.05) is 37.4 Å². The third-order valence-electron chi connectivity index (χ3n) is 4.37. The van der Waals surface area contributed by atoms with Crippen molar-refractivity contribution in [2.24, 2.45) is 7.05 Å². The summed E-state index contributed by atoms with van der Waals surface area (Å²) in [7, 11) is 1.89. The van der Waals surface area contributed by atoms with Gasteiger partial charge < -0.3 is 9.47 Å². The molecule has 1 aliphatic rings. The van der Waals surface area contributed by atoms with Crippen LogP contribution in [0.3, 0.4) is 0 Å². The Labute approximate surface area is 156 Å². The molecule has 6 heteroatoms. The number of benzene rings is 1. The second-order valence-electron chi connectivity index (χ2n) is 6.14. The molecule has 4 rings (SSSR count). The van der Waals surface area contributed by atoms with Crippen molar-refractivity contribution in [2.75, 3.05) is 13.2 Å². The standard InChI is InChI=1S/C20H18ClN3O2/c1-24-18-8-11-22-20(26-15-9-12-25-13-10-15)19(18)17(23-24)7-6-14-4-2-3-5-16(14)21/h2-5,8,11,15H,9-10,12-13H2,1H3. The molecule has 1 fully saturated rings. The van der Waals surface area contributed by atoms with Crippen molar-refractivity contribution in [3.8, 4) is 17.7 Å². The van der Waals surface area contributed by atoms with Crippen LogP contribution in [0.15, 0.2) is 36.5 Å². The molecule has 0 spiro atoms. The Morgan fingerprint density at radius 1 is 1.19 bits per heavy atom. The van der Waals surface area contributed by atoms with Crippen molar-refractivity contribution in [3.05, 3.63) is 52.8 Å². The minimum atomic E-state index is 0.103. The molecule has 0 unspecified atom stereocenters. The zero-order chi connectivity index (χ0) is 17.9. The SMILES string of the molecule is Cn1nc(C#Cc2ccccc2Cl)c2c(OC3CCOCC3)nccc21. The van der Waals surface area contributed by atoms with E-state index in [4.69, 9.17) is 21.1 Å². The second kappa shape index (κ2) is 7.36. The monoisotopic (exact) mass is 367 g/mol. The van der Waals surface area contributed by atoms with E-state index < -0.39 is 0 Å². The molecule has 1 aromatic carbocycles. The number of ether oxygens (including phenoxy) is 2. The quantitative estimate of drug-likeness (QED) is 0.649. The van der Waals surface area contributed by atoms with Gasteiger partial charge in [0, 0.05) is 31.6 Å². The summed E-state index contributed by atoms with van der Waals surface area (Å²) in [6, 6.07) is 9.42. The van der Waals surface area contributed by atoms with Gasteiger partial charge in [0.1, 0.15) is 11.8 Å². The Kier molecular flexibility index (Phi) is 4.79. The van der Waals surface area contributed by atoms with Crippen LogP contribution in [0.4, 0.5) is 0 Å². The number of aryl methyl sites for hydroxylation is 1. The minimum Gasteiger partial charge on any atom is -0.474 e. The number of halogens is 1. The summed E-state index contributed by atoms with van der Waals surface area (Å²) in [5, 5.41) is 6.00. The van der Waals surface area contributed by atoms with Crippen molar-refractivity contribution in [3.63, 3.8) is 0 Å². The average Bonchev–Trinajstić information content (AvgIpc) is 2.99. The van der Waals surface area contributed by atoms with Gasteiger partial charge in [0.15, 0.2) is 0 Å². The van der Waals surface area contributed by atoms with Gasteiger partial charge in [-0.05, 0) is 24.1 Å². The van der Waals surface area contributed by atoms with Crippen molar-refractivity contribution in [1.82, 2.24) is 14.8 Å². The molecular formula is C20H18ClN3O2. The predicted octanol–water partition coefficient (Wildman–Crippen LogP) is 3.58. The molecule has 0 amide bonds. The van der Waals surface area contributed by atoms with Gasteiger partial charge >= 0.3 is 0 Å². The highest BCUT2D eigenvalue weighted by Crippen LogP contribution is 2.28. The normalized spacial score (nSPS) is 14.8. The highest BCUT2D eigenvalue weighted by atomic mass is 35.5. The van der Waals surface area contributed by atoms with Crippen molar-refractivity contribution in [1.29, 1.82) is 0 Å². The van der Waals surface area contributed by atoms with Crippen molar-refractivity contribution >= 4 is 22.5 Å². The van der Waals surface area contributed by atoms with Crippen LogP contribution in [0.5, 0.6) is 5.88 Å². The van der Waals surface area contributed by atoms with Crippen LogP contribution in [0.2, 0.25) is 5.02 Å². The zero-order valence-electron chi connectivity index (χ0n) is 14.4. The molecule has 3 heterocycles. The molecule has 26 heavy (non-hydrogen) atoms. The van der Waals surface area contributed by atoms with E-state index in [1.165, 1.54) is 0 Å². The Balaban J connectivity index is 1.74. The maximum absolute atomic E-state index is 6.20. The maximum atomic E-state index is 6.20. The maximum Gasteiger partial charge on any atom is 0.226 e. The first-order valence-electron chi connectivity index (χ1n) is 8.55. The van der Waals surface area contributed by atoms with E-state index in [2.05, 4.69) is 21.9 Å². The number of nitrogens with zero attached hydrogens (tertiary/aromatic N) is 3. The fraction of sp³-hybridized carbons (Fsp3) is 0.300. The van der Waals surface area contributed by atoms with Gasteiger partial charge in [-0.2, -0.15) is 5.10 Å². The molecule has 0 N–H and O–H groups in total. The second-order valence-corrected chi connectivity index (χ2v) is 6.55. The van der Waals surface area contributed by atoms with Crippen molar-refractivity contribution in [2.45, 2.75) is 18.9 Å². The third-order valence-corrected chi connectivity index (χ3v) is 4.70. The van der Waals surface area contributed by atoms with E-state index >= 15 is 0 Å². The molecule has 0 atom stereocenters. The van der Waals surface area contributed by atoms with Gasteiger partial charge in [-0.25, -0.2) is 4.98 Å². The molecular weight excluding hydrogens is 350 g/mol. The van der Waals surface area contributed by atoms with E-state index in [9.17, 15) is 0 Å². The summed E-state index contributed by atoms with van der Waals surface area (Å²) >= 11 is 6.20. The first kappa shape index (κ1) is 16.9. The Hall–Kier alpha value is -2.55. The lowest BCUT2D eigenvalue weighted by molar-refractivity contribution is 0.0244. The average molecular weight is 368 g/mol. The lowest BCUT2D eigenvalue weighted by atomic mass is 10.1. The van der Waals surface area contributed by atoms with Crippen LogP contribution in [-0.2, 0) is 11.8 Å². The number of fused-ring (bicyclic) bond motifs is 1. The topological polar surface area (TPSA) is 49.2 Å². The first-order chi connectivity index (χ1) is 12.7. The molecule has 0 saturated carbocycles. The molecule has 2 aromatic heterocycles. The molecule has 5 nitrogen and oxygen atoms in total. The summed E-state index contributed by atoms with van der Waals surface area (Å²) in [5.41, 5.74) is 2.34. The fourth-order valence-corrected chi connectivity index (χ4v) is 3.18. The van der Waals surface area contributed by atoms with Gasteiger partial charge in [-0.15, -0.1) is 0 Å². The summed E-state index contributed by atoms with van der Waals surface area (Å²) in [6.45, 7) is 1.43. The van der Waals surface area contributed by atoms with E-state index in [0.29, 0.717) is 29.8 Å². The molecule has 132 valence electrons. The Bertz CT molecular complexity index is 997. The highest BCUT2D eigenvalue weighted by Gasteiger charge is 2.20. The van der Waals surface area contributed by atoms with Crippen LogP contribution in [0.1, 0.15) is 24.1 Å². The van der Waals surface area contributed by atoms with Crippen LogP contribution in [0, 0.1) is 11.8 Å². The van der Waals surface area contributed by atoms with Gasteiger partial charge in [-0.3, -0.25) is 4.68 Å². The van der Waals surface area contributed by atoms with E-state index in [0.717, 1.165) is 29.3 Å². The number of rotatable bonds is 2. The summed E-state index contributed by atoms with van der Waals surface area (Å²) < 4.78 is 13.4. The van der Waals surface area contributed by atoms with Gasteiger partial charge in [0.2, 0.25) is 5.88 Å². The molecule has 3 aromatic rings. The Morgan fingerprint density at radius 3 is 2.81 bits per heavy atom. The fourth-order valence-electron chi connectivity index (χ4n) is 3.00. The lowest BCUT2D eigenvalue weighted by Crippen LogP contribution is -2.26. The van der Waals surface area contributed by atoms with E-state index in [-0.39, 0.29) is 6.10 Å². The smallest absolute Gasteiger partial charge is 0.226 e. The first-order valence-corrected chi connectivity index (χ1v) is 8.93. The van der Waals surface area contributed by atoms with Crippen LogP contribution >= 0.6 is 11.6 Å². The minimum absolute atomic E-state index is 0.103. The molecule has 1 saturated heterocycles. The highest BCUT2D eigenvalue weighted by molar-refractivity contribution is 6.31. The van der Waals surface area contributed by atoms with E-state index in [1.54, 1.807) is 10.9 Å². The number of hydrogen-bond donors (Lipinski definition) is 0. The van der Waals surface area contributed by atoms with Crippen LogP contribution in [0.25, 0.3) is 10.9 Å². The van der Waals surface area contributed by atoms with Crippen LogP contribution in [-0.4, -0.2) is 34.1 Å². The number of pyridine rings is 1. The summed E-state index contributed by atoms with van der Waals surface area (Å²) in [5.74, 6) is 6.81. The predicted molar refractivity (Wildman–Crippen MR) is 100 cm³/mol. The summed E-state index contributed by atoms with van der Waals surface area (Å²) in [4.78, 5) is 4.44.